The Morgan fingerprint density at radius 1 is 1.00 bits per heavy atom. The Kier molecular flexibility index (Phi) is 3.65. The minimum atomic E-state index is -0.223. The van der Waals surface area contributed by atoms with Crippen molar-refractivity contribution in [1.29, 1.82) is 0 Å². The molecule has 0 saturated heterocycles. The predicted octanol–water partition coefficient (Wildman–Crippen LogP) is 2.36. The number of rotatable bonds is 3. The Bertz CT molecular complexity index is 474. The van der Waals surface area contributed by atoms with Crippen molar-refractivity contribution in [3.63, 3.8) is 0 Å². The molecule has 0 radical (unpaired) electrons. The van der Waals surface area contributed by atoms with E-state index in [1.54, 1.807) is 0 Å². The van der Waals surface area contributed by atoms with Crippen molar-refractivity contribution in [2.45, 2.75) is 24.8 Å². The van der Waals surface area contributed by atoms with Crippen molar-refractivity contribution in [3.8, 4) is 0 Å². The van der Waals surface area contributed by atoms with Crippen LogP contribution in [0, 0.1) is 0 Å². The van der Waals surface area contributed by atoms with Gasteiger partial charge in [0.1, 0.15) is 0 Å². The van der Waals surface area contributed by atoms with Crippen LogP contribution in [0.2, 0.25) is 4.82 Å². The van der Waals surface area contributed by atoms with Crippen molar-refractivity contribution in [2.75, 3.05) is 0 Å². The van der Waals surface area contributed by atoms with E-state index in [1.807, 2.05) is 6.92 Å². The van der Waals surface area contributed by atoms with Gasteiger partial charge in [0.15, 0.2) is 0 Å². The molecule has 1 nitrogen and oxygen atoms in total. The predicted molar refractivity (Wildman–Crippen MR) is 70.4 cm³/mol. The quantitative estimate of drug-likeness (QED) is 0.855. The van der Waals surface area contributed by atoms with Gasteiger partial charge in [-0.1, -0.05) is 0 Å². The van der Waals surface area contributed by atoms with Crippen LogP contribution in [0.3, 0.4) is 0 Å². The first kappa shape index (κ1) is 11.7. The molecule has 2 rings (SSSR count). The molecular formula is C14H16OSe. The zero-order valence-corrected chi connectivity index (χ0v) is 11.3. The van der Waals surface area contributed by atoms with Crippen molar-refractivity contribution in [2.24, 2.45) is 0 Å². The van der Waals surface area contributed by atoms with Gasteiger partial charge in [-0.15, -0.1) is 0 Å². The van der Waals surface area contributed by atoms with Crippen LogP contribution in [-0.2, 0) is 0 Å². The number of fused-ring (bicyclic) bond motifs is 1. The van der Waals surface area contributed by atoms with E-state index in [0.717, 1.165) is 0 Å². The average molecular weight is 279 g/mol. The second kappa shape index (κ2) is 5.01. The molecule has 1 N–H and O–H groups in total. The van der Waals surface area contributed by atoms with E-state index in [-0.39, 0.29) is 6.10 Å². The van der Waals surface area contributed by atoms with Gasteiger partial charge < -0.3 is 0 Å². The third-order valence-corrected chi connectivity index (χ3v) is 5.63. The summed E-state index contributed by atoms with van der Waals surface area (Å²) < 4.78 is 1.39. The van der Waals surface area contributed by atoms with Gasteiger partial charge in [0, 0.05) is 0 Å². The summed E-state index contributed by atoms with van der Waals surface area (Å²) in [5.74, 6) is 0. The molecule has 0 aliphatic heterocycles. The van der Waals surface area contributed by atoms with Crippen LogP contribution >= 0.6 is 0 Å². The van der Waals surface area contributed by atoms with E-state index in [1.165, 1.54) is 15.2 Å². The van der Waals surface area contributed by atoms with Crippen LogP contribution < -0.4 is 4.46 Å². The maximum absolute atomic E-state index is 9.57. The summed E-state index contributed by atoms with van der Waals surface area (Å²) in [7, 11) is 0. The first-order valence-corrected chi connectivity index (χ1v) is 7.35. The van der Waals surface area contributed by atoms with E-state index in [2.05, 4.69) is 49.4 Å². The number of aliphatic hydroxyl groups is 1. The molecule has 0 aliphatic rings. The summed E-state index contributed by atoms with van der Waals surface area (Å²) in [5, 5.41) is 12.2. The van der Waals surface area contributed by atoms with Crippen molar-refractivity contribution >= 4 is 30.2 Å². The average Bonchev–Trinajstić information content (AvgIpc) is 2.29. The summed E-state index contributed by atoms with van der Waals surface area (Å²) in [4.78, 5) is 0.360. The second-order valence-corrected chi connectivity index (χ2v) is 7.02. The Labute approximate surface area is 103 Å². The van der Waals surface area contributed by atoms with Crippen molar-refractivity contribution in [1.82, 2.24) is 0 Å². The normalized spacial score (nSPS) is 14.9. The van der Waals surface area contributed by atoms with Crippen LogP contribution in [0.5, 0.6) is 0 Å². The van der Waals surface area contributed by atoms with E-state index >= 15 is 0 Å². The summed E-state index contributed by atoms with van der Waals surface area (Å²) in [6.45, 7) is 3.99. The molecule has 2 unspecified atom stereocenters. The van der Waals surface area contributed by atoms with E-state index in [9.17, 15) is 5.11 Å². The molecule has 0 aliphatic carbocycles. The third kappa shape index (κ3) is 2.46. The van der Waals surface area contributed by atoms with Gasteiger partial charge in [0.2, 0.25) is 0 Å². The fourth-order valence-electron chi connectivity index (χ4n) is 1.60. The maximum atomic E-state index is 9.57. The van der Waals surface area contributed by atoms with Crippen LogP contribution in [0.4, 0.5) is 0 Å². The fraction of sp³-hybridized carbons (Fsp3) is 0.286. The van der Waals surface area contributed by atoms with Gasteiger partial charge in [0.05, 0.1) is 0 Å². The molecule has 2 aromatic carbocycles. The van der Waals surface area contributed by atoms with Crippen LogP contribution in [0.1, 0.15) is 13.8 Å². The number of hydrogen-bond donors (Lipinski definition) is 1. The van der Waals surface area contributed by atoms with E-state index in [4.69, 9.17) is 0 Å². The zero-order chi connectivity index (χ0) is 11.5. The van der Waals surface area contributed by atoms with Crippen LogP contribution in [0.25, 0.3) is 10.8 Å². The molecule has 2 heteroatoms. The molecule has 0 heterocycles. The summed E-state index contributed by atoms with van der Waals surface area (Å²) >= 11 is 0.328. The molecular weight excluding hydrogens is 263 g/mol. The van der Waals surface area contributed by atoms with Crippen molar-refractivity contribution in [3.05, 3.63) is 42.5 Å². The molecule has 0 spiro atoms. The summed E-state index contributed by atoms with van der Waals surface area (Å²) in [6, 6.07) is 14.9. The summed E-state index contributed by atoms with van der Waals surface area (Å²) in [5.41, 5.74) is 0. The zero-order valence-electron chi connectivity index (χ0n) is 9.55. The summed E-state index contributed by atoms with van der Waals surface area (Å²) in [6.07, 6.45) is -0.223. The number of aliphatic hydroxyl groups excluding tert-OH is 1. The molecule has 0 saturated carbocycles. The molecule has 84 valence electrons. The molecule has 2 aromatic rings. The van der Waals surface area contributed by atoms with Gasteiger partial charge in [-0.3, -0.25) is 0 Å². The minimum absolute atomic E-state index is 0.223. The molecule has 16 heavy (non-hydrogen) atoms. The van der Waals surface area contributed by atoms with Crippen LogP contribution in [0.15, 0.2) is 42.5 Å². The Morgan fingerprint density at radius 2 is 1.69 bits per heavy atom. The van der Waals surface area contributed by atoms with Gasteiger partial charge in [-0.05, 0) is 0 Å². The Morgan fingerprint density at radius 3 is 2.44 bits per heavy atom. The Hall–Kier alpha value is -0.821. The first-order chi connectivity index (χ1) is 7.68. The molecule has 0 fully saturated rings. The Balaban J connectivity index is 2.37. The molecule has 0 aromatic heterocycles. The molecule has 0 amide bonds. The van der Waals surface area contributed by atoms with Gasteiger partial charge in [-0.2, -0.15) is 0 Å². The number of benzene rings is 2. The fourth-order valence-corrected chi connectivity index (χ4v) is 3.84. The monoisotopic (exact) mass is 280 g/mol. The molecule has 2 atom stereocenters. The standard InChI is InChI=1S/C14H16OSe/c1-10(15)11(2)16-14-9-5-7-12-6-3-4-8-13(12)14/h3-11,15H,1-2H3. The second-order valence-electron chi connectivity index (χ2n) is 4.04. The van der Waals surface area contributed by atoms with E-state index in [0.29, 0.717) is 19.8 Å². The van der Waals surface area contributed by atoms with Gasteiger partial charge >= 0.3 is 103 Å². The van der Waals surface area contributed by atoms with Gasteiger partial charge in [-0.25, -0.2) is 0 Å². The van der Waals surface area contributed by atoms with Crippen molar-refractivity contribution < 1.29 is 5.11 Å². The molecule has 0 bridgehead atoms. The SMILES string of the molecule is CC(O)C(C)[Se]c1cccc2ccccc12. The van der Waals surface area contributed by atoms with Crippen LogP contribution in [-0.4, -0.2) is 26.2 Å². The van der Waals surface area contributed by atoms with Gasteiger partial charge in [0.25, 0.3) is 0 Å². The topological polar surface area (TPSA) is 20.2 Å². The van der Waals surface area contributed by atoms with E-state index < -0.39 is 0 Å². The third-order valence-electron chi connectivity index (χ3n) is 2.74. The number of hydrogen-bond acceptors (Lipinski definition) is 1. The first-order valence-electron chi connectivity index (χ1n) is 5.51.